The van der Waals surface area contributed by atoms with Crippen molar-refractivity contribution in [1.82, 2.24) is 0 Å². The molecule has 1 atom stereocenters. The van der Waals surface area contributed by atoms with E-state index in [9.17, 15) is 14.4 Å². The van der Waals surface area contributed by atoms with Gasteiger partial charge >= 0.3 is 11.9 Å². The summed E-state index contributed by atoms with van der Waals surface area (Å²) in [6, 6.07) is 0. The van der Waals surface area contributed by atoms with Crippen LogP contribution in [0.3, 0.4) is 0 Å². The number of carbonyl (C=O) groups excluding carboxylic acids is 3. The van der Waals surface area contributed by atoms with Crippen LogP contribution in [0.5, 0.6) is 0 Å². The molecular formula is C8H9Cl3O6. The summed E-state index contributed by atoms with van der Waals surface area (Å²) < 4.78 is 11.0. The number of carbonyl (C=O) groups is 3. The summed E-state index contributed by atoms with van der Waals surface area (Å²) in [4.78, 5) is 32.2. The zero-order valence-electron chi connectivity index (χ0n) is 8.65. The molecule has 6 nitrogen and oxygen atoms in total. The molecule has 0 radical (unpaired) electrons. The molecule has 0 heterocycles. The molecule has 0 aromatic rings. The minimum absolute atomic E-state index is 0.0475. The first kappa shape index (κ1) is 16.3. The topological polar surface area (TPSA) is 78.9 Å². The Morgan fingerprint density at radius 3 is 2.35 bits per heavy atom. The third-order valence-corrected chi connectivity index (χ3v) is 2.08. The molecule has 0 rings (SSSR count). The first-order chi connectivity index (χ1) is 7.82. The predicted molar refractivity (Wildman–Crippen MR) is 58.8 cm³/mol. The van der Waals surface area contributed by atoms with Gasteiger partial charge < -0.3 is 14.2 Å². The van der Waals surface area contributed by atoms with E-state index < -0.39 is 21.8 Å². The molecular weight excluding hydrogens is 298 g/mol. The van der Waals surface area contributed by atoms with Crippen molar-refractivity contribution in [2.75, 3.05) is 13.7 Å². The molecule has 1 unspecified atom stereocenters. The minimum Gasteiger partial charge on any atom is -0.469 e. The third kappa shape index (κ3) is 6.55. The van der Waals surface area contributed by atoms with Gasteiger partial charge in [0.25, 0.3) is 6.47 Å². The molecule has 0 aromatic carbocycles. The average molecular weight is 308 g/mol. The van der Waals surface area contributed by atoms with Gasteiger partial charge in [-0.2, -0.15) is 0 Å². The lowest BCUT2D eigenvalue weighted by Crippen LogP contribution is -2.38. The fraction of sp³-hybridized carbons (Fsp3) is 0.625. The van der Waals surface area contributed by atoms with E-state index in [1.54, 1.807) is 0 Å². The summed E-state index contributed by atoms with van der Waals surface area (Å²) in [6.45, 7) is -0.320. The molecule has 0 aliphatic heterocycles. The van der Waals surface area contributed by atoms with E-state index in [2.05, 4.69) is 14.2 Å². The number of halogens is 3. The lowest BCUT2D eigenvalue weighted by molar-refractivity contribution is -0.162. The Balaban J connectivity index is 4.25. The van der Waals surface area contributed by atoms with Crippen molar-refractivity contribution in [2.24, 2.45) is 0 Å². The van der Waals surface area contributed by atoms with Crippen molar-refractivity contribution in [3.8, 4) is 0 Å². The molecule has 0 saturated heterocycles. The van der Waals surface area contributed by atoms with Gasteiger partial charge in [0.2, 0.25) is 9.90 Å². The predicted octanol–water partition coefficient (Wildman–Crippen LogP) is 1.00. The Morgan fingerprint density at radius 1 is 1.35 bits per heavy atom. The first-order valence-corrected chi connectivity index (χ1v) is 5.35. The van der Waals surface area contributed by atoms with Crippen molar-refractivity contribution in [1.29, 1.82) is 0 Å². The van der Waals surface area contributed by atoms with Crippen LogP contribution in [-0.2, 0) is 28.6 Å². The highest BCUT2D eigenvalue weighted by Gasteiger charge is 2.41. The fourth-order valence-electron chi connectivity index (χ4n) is 0.735. The van der Waals surface area contributed by atoms with Gasteiger partial charge in [-0.05, 0) is 0 Å². The Kier molecular flexibility index (Phi) is 7.26. The normalized spacial score (nSPS) is 12.5. The smallest absolute Gasteiger partial charge is 0.352 e. The van der Waals surface area contributed by atoms with E-state index in [-0.39, 0.29) is 19.5 Å². The average Bonchev–Trinajstić information content (AvgIpc) is 2.23. The van der Waals surface area contributed by atoms with Crippen LogP contribution in [0.15, 0.2) is 0 Å². The quantitative estimate of drug-likeness (QED) is 0.315. The number of methoxy groups -OCH3 is 1. The standard InChI is InChI=1S/C8H9Cl3O6/c1-15-5(13)2-3-16-7(14)6(17-4-12)8(9,10)11/h4,6H,2-3H2,1H3. The van der Waals surface area contributed by atoms with Gasteiger partial charge in [-0.15, -0.1) is 0 Å². The van der Waals surface area contributed by atoms with Crippen LogP contribution in [0.25, 0.3) is 0 Å². The lowest BCUT2D eigenvalue weighted by Gasteiger charge is -2.20. The number of rotatable bonds is 6. The number of hydrogen-bond donors (Lipinski definition) is 0. The summed E-state index contributed by atoms with van der Waals surface area (Å²) in [7, 11) is 1.18. The third-order valence-electron chi connectivity index (χ3n) is 1.48. The molecule has 0 bridgehead atoms. The Labute approximate surface area is 112 Å². The van der Waals surface area contributed by atoms with Crippen LogP contribution in [0.2, 0.25) is 0 Å². The second kappa shape index (κ2) is 7.58. The number of hydrogen-bond acceptors (Lipinski definition) is 6. The van der Waals surface area contributed by atoms with E-state index in [1.807, 2.05) is 0 Å². The fourth-order valence-corrected chi connectivity index (χ4v) is 1.16. The van der Waals surface area contributed by atoms with Crippen LogP contribution in [0.1, 0.15) is 6.42 Å². The van der Waals surface area contributed by atoms with Crippen molar-refractivity contribution in [3.05, 3.63) is 0 Å². The Hall–Kier alpha value is -0.720. The molecule has 0 fully saturated rings. The molecule has 17 heavy (non-hydrogen) atoms. The van der Waals surface area contributed by atoms with E-state index in [1.165, 1.54) is 7.11 Å². The van der Waals surface area contributed by atoms with Crippen LogP contribution in [-0.4, -0.2) is 42.0 Å². The highest BCUT2D eigenvalue weighted by atomic mass is 35.6. The largest absolute Gasteiger partial charge is 0.469 e. The van der Waals surface area contributed by atoms with E-state index >= 15 is 0 Å². The zero-order valence-corrected chi connectivity index (χ0v) is 10.9. The van der Waals surface area contributed by atoms with Gasteiger partial charge in [-0.25, -0.2) is 4.79 Å². The molecule has 98 valence electrons. The van der Waals surface area contributed by atoms with Crippen LogP contribution < -0.4 is 0 Å². The summed E-state index contributed by atoms with van der Waals surface area (Å²) in [5.74, 6) is -1.64. The second-order valence-corrected chi connectivity index (χ2v) is 5.02. The minimum atomic E-state index is -2.15. The van der Waals surface area contributed by atoms with Crippen LogP contribution in [0.4, 0.5) is 0 Å². The first-order valence-electron chi connectivity index (χ1n) is 4.22. The molecule has 0 aliphatic rings. The molecule has 0 amide bonds. The van der Waals surface area contributed by atoms with Gasteiger partial charge in [0.1, 0.15) is 6.61 Å². The number of ether oxygens (including phenoxy) is 3. The maximum atomic E-state index is 11.3. The maximum Gasteiger partial charge on any atom is 0.352 e. The van der Waals surface area contributed by atoms with E-state index in [0.29, 0.717) is 0 Å². The Morgan fingerprint density at radius 2 is 1.94 bits per heavy atom. The molecule has 9 heteroatoms. The van der Waals surface area contributed by atoms with Gasteiger partial charge in [0.05, 0.1) is 13.5 Å². The summed E-state index contributed by atoms with van der Waals surface area (Å²) >= 11 is 16.2. The van der Waals surface area contributed by atoms with Crippen molar-refractivity contribution in [2.45, 2.75) is 16.3 Å². The molecule has 0 aromatic heterocycles. The van der Waals surface area contributed by atoms with Crippen molar-refractivity contribution in [3.63, 3.8) is 0 Å². The molecule has 0 N–H and O–H groups in total. The van der Waals surface area contributed by atoms with Crippen molar-refractivity contribution < 1.29 is 28.6 Å². The van der Waals surface area contributed by atoms with Crippen molar-refractivity contribution >= 4 is 53.2 Å². The van der Waals surface area contributed by atoms with Gasteiger partial charge in [0, 0.05) is 0 Å². The number of alkyl halides is 3. The Bertz CT molecular complexity index is 287. The molecule has 0 spiro atoms. The summed E-state index contributed by atoms with van der Waals surface area (Å²) in [5.41, 5.74) is 0. The van der Waals surface area contributed by atoms with Crippen LogP contribution in [0, 0.1) is 0 Å². The maximum absolute atomic E-state index is 11.3. The zero-order chi connectivity index (χ0) is 13.5. The highest BCUT2D eigenvalue weighted by Crippen LogP contribution is 2.32. The monoisotopic (exact) mass is 306 g/mol. The SMILES string of the molecule is COC(=O)CCOC(=O)C(OC=O)C(Cl)(Cl)Cl. The van der Waals surface area contributed by atoms with Crippen LogP contribution >= 0.6 is 34.8 Å². The molecule has 0 saturated carbocycles. The van der Waals surface area contributed by atoms with E-state index in [0.717, 1.165) is 0 Å². The lowest BCUT2D eigenvalue weighted by atomic mass is 10.4. The summed E-state index contributed by atoms with van der Waals surface area (Å²) in [5, 5.41) is 0. The van der Waals surface area contributed by atoms with Gasteiger partial charge in [-0.3, -0.25) is 9.59 Å². The van der Waals surface area contributed by atoms with Gasteiger partial charge in [0.15, 0.2) is 0 Å². The molecule has 0 aliphatic carbocycles. The van der Waals surface area contributed by atoms with E-state index in [4.69, 9.17) is 34.8 Å². The van der Waals surface area contributed by atoms with Gasteiger partial charge in [-0.1, -0.05) is 34.8 Å². The number of esters is 2. The summed E-state index contributed by atoms with van der Waals surface area (Å²) in [6.07, 6.45) is -1.85. The second-order valence-electron chi connectivity index (χ2n) is 2.65. The highest BCUT2D eigenvalue weighted by molar-refractivity contribution is 6.68.